The molecule has 0 aliphatic carbocycles. The van der Waals surface area contributed by atoms with E-state index in [4.69, 9.17) is 21.7 Å². The van der Waals surface area contributed by atoms with Crippen LogP contribution in [0.5, 0.6) is 11.6 Å². The summed E-state index contributed by atoms with van der Waals surface area (Å²) in [6.45, 7) is 0. The Morgan fingerprint density at radius 1 is 1.27 bits per heavy atom. The summed E-state index contributed by atoms with van der Waals surface area (Å²) in [7, 11) is 1.33. The minimum Gasteiger partial charge on any atom is -0.465 e. The second-order valence-electron chi connectivity index (χ2n) is 5.80. The first-order chi connectivity index (χ1) is 12.5. The average molecular weight is 368 g/mol. The summed E-state index contributed by atoms with van der Waals surface area (Å²) in [5.41, 5.74) is 2.64. The molecule has 1 aromatic heterocycles. The standard InChI is InChI=1S/C19H13FN2O3S/c1-24-19(23)11-4-2-10(3-5-11)16-21-17-14(18(26)22-16)9-12-8-13(20)6-7-15(12)25-17/h2-8H,9H2,1H3,(H,21,22,26). The molecule has 1 N–H and O–H groups in total. The number of nitrogens with one attached hydrogen (secondary N) is 1. The van der Waals surface area contributed by atoms with Gasteiger partial charge in [-0.1, -0.05) is 24.4 Å². The van der Waals surface area contributed by atoms with Crippen LogP contribution in [-0.4, -0.2) is 23.0 Å². The van der Waals surface area contributed by atoms with Gasteiger partial charge in [-0.3, -0.25) is 0 Å². The number of halogens is 1. The van der Waals surface area contributed by atoms with Gasteiger partial charge in [0.05, 0.1) is 18.2 Å². The Morgan fingerprint density at radius 2 is 2.04 bits per heavy atom. The van der Waals surface area contributed by atoms with Gasteiger partial charge in [-0.25, -0.2) is 14.2 Å². The number of methoxy groups -OCH3 is 1. The Labute approximate surface area is 153 Å². The lowest BCUT2D eigenvalue weighted by Gasteiger charge is -2.20. The van der Waals surface area contributed by atoms with E-state index < -0.39 is 5.97 Å². The number of carbonyl (C=O) groups excluding carboxylic acids is 1. The zero-order valence-electron chi connectivity index (χ0n) is 13.7. The zero-order chi connectivity index (χ0) is 18.3. The summed E-state index contributed by atoms with van der Waals surface area (Å²) in [6.07, 6.45) is 0.451. The highest BCUT2D eigenvalue weighted by Crippen LogP contribution is 2.36. The number of aromatic nitrogens is 2. The number of fused-ring (bicyclic) bond motifs is 2. The van der Waals surface area contributed by atoms with Crippen molar-refractivity contribution in [1.82, 2.24) is 9.97 Å². The predicted molar refractivity (Wildman–Crippen MR) is 95.5 cm³/mol. The van der Waals surface area contributed by atoms with Crippen molar-refractivity contribution in [3.8, 4) is 23.0 Å². The number of rotatable bonds is 2. The highest BCUT2D eigenvalue weighted by molar-refractivity contribution is 7.71. The van der Waals surface area contributed by atoms with E-state index in [-0.39, 0.29) is 5.82 Å². The van der Waals surface area contributed by atoms with Crippen molar-refractivity contribution in [3.63, 3.8) is 0 Å². The molecule has 0 radical (unpaired) electrons. The highest BCUT2D eigenvalue weighted by Gasteiger charge is 2.21. The van der Waals surface area contributed by atoms with Gasteiger partial charge in [0.1, 0.15) is 22.0 Å². The van der Waals surface area contributed by atoms with Crippen LogP contribution < -0.4 is 4.74 Å². The van der Waals surface area contributed by atoms with Gasteiger partial charge in [0, 0.05) is 17.5 Å². The third kappa shape index (κ3) is 2.86. The van der Waals surface area contributed by atoms with Crippen molar-refractivity contribution in [2.45, 2.75) is 6.42 Å². The van der Waals surface area contributed by atoms with Crippen molar-refractivity contribution >= 4 is 18.2 Å². The van der Waals surface area contributed by atoms with Crippen LogP contribution >= 0.6 is 12.2 Å². The molecule has 0 bridgehead atoms. The normalized spacial score (nSPS) is 11.9. The number of benzene rings is 2. The summed E-state index contributed by atoms with van der Waals surface area (Å²) < 4.78 is 24.4. The SMILES string of the molecule is COC(=O)c1ccc(-c2nc(=S)c3c([nH]2)Oc2ccc(F)cc2C3)cc1. The minimum absolute atomic E-state index is 0.319. The van der Waals surface area contributed by atoms with E-state index in [1.807, 2.05) is 0 Å². The van der Waals surface area contributed by atoms with E-state index in [1.165, 1.54) is 19.2 Å². The molecule has 3 aromatic rings. The van der Waals surface area contributed by atoms with Crippen LogP contribution in [0.25, 0.3) is 11.4 Å². The van der Waals surface area contributed by atoms with Gasteiger partial charge in [-0.05, 0) is 30.3 Å². The third-order valence-corrected chi connectivity index (χ3v) is 4.50. The fraction of sp³-hybridized carbons (Fsp3) is 0.105. The number of H-pyrrole nitrogens is 1. The fourth-order valence-electron chi connectivity index (χ4n) is 2.82. The van der Waals surface area contributed by atoms with E-state index >= 15 is 0 Å². The first kappa shape index (κ1) is 16.4. The summed E-state index contributed by atoms with van der Waals surface area (Å²) >= 11 is 5.40. The summed E-state index contributed by atoms with van der Waals surface area (Å²) in [5, 5.41) is 0. The van der Waals surface area contributed by atoms with Gasteiger partial charge in [0.25, 0.3) is 0 Å². The third-order valence-electron chi connectivity index (χ3n) is 4.16. The molecule has 0 spiro atoms. The molecule has 7 heteroatoms. The Balaban J connectivity index is 1.72. The van der Waals surface area contributed by atoms with Crippen LogP contribution in [0.15, 0.2) is 42.5 Å². The number of carbonyl (C=O) groups is 1. The molecule has 1 aliphatic rings. The summed E-state index contributed by atoms with van der Waals surface area (Å²) in [6, 6.07) is 11.2. The molecule has 26 heavy (non-hydrogen) atoms. The van der Waals surface area contributed by atoms with Crippen molar-refractivity contribution in [3.05, 3.63) is 69.6 Å². The number of hydrogen-bond acceptors (Lipinski definition) is 5. The summed E-state index contributed by atoms with van der Waals surface area (Å²) in [5.74, 6) is 0.880. The van der Waals surface area contributed by atoms with Crippen LogP contribution in [-0.2, 0) is 11.2 Å². The molecule has 0 saturated heterocycles. The number of hydrogen-bond donors (Lipinski definition) is 1. The predicted octanol–water partition coefficient (Wildman–Crippen LogP) is 4.43. The van der Waals surface area contributed by atoms with E-state index in [9.17, 15) is 9.18 Å². The molecule has 0 saturated carbocycles. The highest BCUT2D eigenvalue weighted by atomic mass is 32.1. The lowest BCUT2D eigenvalue weighted by molar-refractivity contribution is 0.0600. The lowest BCUT2D eigenvalue weighted by atomic mass is 10.0. The first-order valence-electron chi connectivity index (χ1n) is 7.83. The number of ether oxygens (including phenoxy) is 2. The molecule has 0 atom stereocenters. The van der Waals surface area contributed by atoms with E-state index in [2.05, 4.69) is 9.97 Å². The van der Waals surface area contributed by atoms with Crippen molar-refractivity contribution in [2.75, 3.05) is 7.11 Å². The maximum atomic E-state index is 13.4. The maximum Gasteiger partial charge on any atom is 0.337 e. The monoisotopic (exact) mass is 368 g/mol. The Hall–Kier alpha value is -3.06. The minimum atomic E-state index is -0.407. The molecule has 4 rings (SSSR count). The van der Waals surface area contributed by atoms with Gasteiger partial charge >= 0.3 is 5.97 Å². The van der Waals surface area contributed by atoms with Gasteiger partial charge in [-0.15, -0.1) is 0 Å². The van der Waals surface area contributed by atoms with Gasteiger partial charge in [0.15, 0.2) is 0 Å². The second kappa shape index (κ2) is 6.34. The fourth-order valence-corrected chi connectivity index (χ4v) is 3.08. The lowest BCUT2D eigenvalue weighted by Crippen LogP contribution is -2.08. The number of nitrogens with zero attached hydrogens (tertiary/aromatic N) is 1. The Bertz CT molecular complexity index is 1080. The number of esters is 1. The molecular weight excluding hydrogens is 355 g/mol. The van der Waals surface area contributed by atoms with Crippen LogP contribution in [0.2, 0.25) is 0 Å². The van der Waals surface area contributed by atoms with Crippen LogP contribution in [0.3, 0.4) is 0 Å². The molecule has 1 aliphatic heterocycles. The first-order valence-corrected chi connectivity index (χ1v) is 8.24. The van der Waals surface area contributed by atoms with Gasteiger partial charge in [0.2, 0.25) is 5.88 Å². The topological polar surface area (TPSA) is 64.2 Å². The van der Waals surface area contributed by atoms with Crippen molar-refractivity contribution < 1.29 is 18.7 Å². The van der Waals surface area contributed by atoms with E-state index in [0.29, 0.717) is 39.6 Å². The number of aromatic amines is 1. The second-order valence-corrected chi connectivity index (χ2v) is 6.18. The molecule has 2 aromatic carbocycles. The molecule has 5 nitrogen and oxygen atoms in total. The molecule has 0 unspecified atom stereocenters. The molecule has 2 heterocycles. The average Bonchev–Trinajstić information content (AvgIpc) is 2.66. The van der Waals surface area contributed by atoms with Crippen LogP contribution in [0, 0.1) is 10.5 Å². The quantitative estimate of drug-likeness (QED) is 0.419. The van der Waals surface area contributed by atoms with Gasteiger partial charge in [-0.2, -0.15) is 0 Å². The van der Waals surface area contributed by atoms with E-state index in [0.717, 1.165) is 11.1 Å². The Morgan fingerprint density at radius 3 is 2.77 bits per heavy atom. The largest absolute Gasteiger partial charge is 0.465 e. The summed E-state index contributed by atoms with van der Waals surface area (Å²) in [4.78, 5) is 19.1. The zero-order valence-corrected chi connectivity index (χ0v) is 14.5. The Kier molecular flexibility index (Phi) is 4.00. The maximum absolute atomic E-state index is 13.4. The van der Waals surface area contributed by atoms with Crippen molar-refractivity contribution in [1.29, 1.82) is 0 Å². The molecule has 0 fully saturated rings. The van der Waals surface area contributed by atoms with Crippen LogP contribution in [0.1, 0.15) is 21.5 Å². The molecule has 130 valence electrons. The smallest absolute Gasteiger partial charge is 0.337 e. The molecular formula is C19H13FN2O3S. The molecule has 0 amide bonds. The van der Waals surface area contributed by atoms with Crippen molar-refractivity contribution in [2.24, 2.45) is 0 Å². The van der Waals surface area contributed by atoms with Gasteiger partial charge < -0.3 is 14.5 Å². The van der Waals surface area contributed by atoms with Crippen LogP contribution in [0.4, 0.5) is 4.39 Å². The van der Waals surface area contributed by atoms with E-state index in [1.54, 1.807) is 30.3 Å².